The first kappa shape index (κ1) is 21.0. The number of benzene rings is 3. The maximum absolute atomic E-state index is 2.57. The molecule has 0 saturated heterocycles. The van der Waals surface area contributed by atoms with E-state index in [2.05, 4.69) is 134 Å². The molecule has 6 rings (SSSR count). The first-order valence-electron chi connectivity index (χ1n) is 12.2. The van der Waals surface area contributed by atoms with Gasteiger partial charge in [0.25, 0.3) is 5.82 Å². The van der Waals surface area contributed by atoms with E-state index in [0.717, 1.165) is 6.54 Å². The Kier molecular flexibility index (Phi) is 4.64. The molecule has 0 radical (unpaired) electrons. The lowest BCUT2D eigenvalue weighted by molar-refractivity contribution is -0.676. The van der Waals surface area contributed by atoms with Gasteiger partial charge in [-0.3, -0.25) is 4.81 Å². The molecule has 0 unspecified atom stereocenters. The van der Waals surface area contributed by atoms with Gasteiger partial charge in [-0.05, 0) is 53.5 Å². The predicted molar refractivity (Wildman–Crippen MR) is 143 cm³/mol. The summed E-state index contributed by atoms with van der Waals surface area (Å²) in [6, 6.07) is 29.1. The van der Waals surface area contributed by atoms with Crippen LogP contribution in [0.15, 0.2) is 85.1 Å². The summed E-state index contributed by atoms with van der Waals surface area (Å²) < 4.78 is 2.41. The van der Waals surface area contributed by atoms with Crippen molar-refractivity contribution in [2.24, 2.45) is 0 Å². The van der Waals surface area contributed by atoms with Crippen molar-refractivity contribution >= 4 is 35.3 Å². The van der Waals surface area contributed by atoms with Gasteiger partial charge in [0, 0.05) is 17.3 Å². The lowest BCUT2D eigenvalue weighted by Gasteiger charge is -2.29. The highest BCUT2D eigenvalue weighted by molar-refractivity contribution is 6.84. The monoisotopic (exact) mass is 444 g/mol. The summed E-state index contributed by atoms with van der Waals surface area (Å²) in [5, 5.41) is 0. The molecule has 0 bridgehead atoms. The number of pyridine rings is 1. The molecule has 168 valence electrons. The van der Waals surface area contributed by atoms with E-state index in [1.54, 1.807) is 0 Å². The number of fused-ring (bicyclic) bond motifs is 2. The van der Waals surface area contributed by atoms with Gasteiger partial charge in [0.1, 0.15) is 12.2 Å². The summed E-state index contributed by atoms with van der Waals surface area (Å²) >= 11 is 0. The van der Waals surface area contributed by atoms with Crippen molar-refractivity contribution in [3.8, 4) is 0 Å². The normalized spacial score (nSPS) is 14.3. The van der Waals surface area contributed by atoms with E-state index in [4.69, 9.17) is 0 Å². The van der Waals surface area contributed by atoms with Crippen molar-refractivity contribution in [2.45, 2.75) is 46.6 Å². The number of hydrogen-bond acceptors (Lipinski definition) is 2. The summed E-state index contributed by atoms with van der Waals surface area (Å²) in [4.78, 5) is 5.14. The van der Waals surface area contributed by atoms with Crippen LogP contribution in [-0.2, 0) is 12.0 Å². The summed E-state index contributed by atoms with van der Waals surface area (Å²) in [5.41, 5.74) is 10.6. The molecule has 34 heavy (non-hydrogen) atoms. The van der Waals surface area contributed by atoms with E-state index in [1.165, 1.54) is 50.6 Å². The molecule has 0 spiro atoms. The fraction of sp³-hybridized carbons (Fsp3) is 0.233. The largest absolute Gasteiger partial charge is 0.542 e. The average molecular weight is 444 g/mol. The number of aryl methyl sites for hydroxylation is 2. The molecular formula is C30H31BN3+. The maximum atomic E-state index is 2.57. The van der Waals surface area contributed by atoms with Gasteiger partial charge in [-0.25, -0.2) is 4.57 Å². The van der Waals surface area contributed by atoms with Crippen LogP contribution in [0.3, 0.4) is 0 Å². The van der Waals surface area contributed by atoms with Crippen LogP contribution in [0.1, 0.15) is 43.0 Å². The molecule has 3 nitrogen and oxygen atoms in total. The van der Waals surface area contributed by atoms with Gasteiger partial charge in [-0.1, -0.05) is 81.4 Å². The van der Waals surface area contributed by atoms with E-state index >= 15 is 0 Å². The lowest BCUT2D eigenvalue weighted by Crippen LogP contribution is -2.58. The topological polar surface area (TPSA) is 10.4 Å². The van der Waals surface area contributed by atoms with Gasteiger partial charge in [-0.2, -0.15) is 0 Å². The smallest absolute Gasteiger partial charge is 0.336 e. The number of aromatic nitrogens is 1. The zero-order valence-corrected chi connectivity index (χ0v) is 20.7. The first-order chi connectivity index (χ1) is 16.3. The quantitative estimate of drug-likeness (QED) is 0.280. The highest BCUT2D eigenvalue weighted by Crippen LogP contribution is 2.50. The minimum absolute atomic E-state index is 0.0407. The molecule has 2 aliphatic rings. The van der Waals surface area contributed by atoms with E-state index < -0.39 is 0 Å². The first-order valence-corrected chi connectivity index (χ1v) is 12.2. The molecule has 0 amide bonds. The van der Waals surface area contributed by atoms with E-state index in [-0.39, 0.29) is 12.4 Å². The number of hydrogen-bond donors (Lipinski definition) is 0. The second-order valence-corrected chi connectivity index (χ2v) is 10.7. The Morgan fingerprint density at radius 2 is 1.47 bits per heavy atom. The predicted octanol–water partition coefficient (Wildman–Crippen LogP) is 5.94. The third-order valence-electron chi connectivity index (χ3n) is 7.33. The van der Waals surface area contributed by atoms with Crippen LogP contribution in [0.25, 0.3) is 0 Å². The zero-order chi connectivity index (χ0) is 23.6. The van der Waals surface area contributed by atoms with Crippen molar-refractivity contribution < 1.29 is 4.57 Å². The molecule has 4 heteroatoms. The minimum atomic E-state index is 0.0407. The summed E-state index contributed by atoms with van der Waals surface area (Å²) in [6.45, 7) is 12.3. The van der Waals surface area contributed by atoms with Gasteiger partial charge >= 0.3 is 6.98 Å². The molecule has 4 aromatic rings. The Morgan fingerprint density at radius 1 is 0.765 bits per heavy atom. The van der Waals surface area contributed by atoms with Gasteiger partial charge in [0.15, 0.2) is 0 Å². The van der Waals surface area contributed by atoms with E-state index in [1.807, 2.05) is 0 Å². The summed E-state index contributed by atoms with van der Waals surface area (Å²) in [6.07, 6.45) is 2.27. The highest BCUT2D eigenvalue weighted by atomic mass is 15.4. The number of rotatable bonds is 2. The van der Waals surface area contributed by atoms with Crippen LogP contribution in [-0.4, -0.2) is 6.98 Å². The Balaban J connectivity index is 1.67. The highest BCUT2D eigenvalue weighted by Gasteiger charge is 2.54. The SMILES string of the molecule is Cc1cccc(C)c1N1B(c2ccccc2)N2c3c(cccc31)C[n+]1ccc(C(C)(C)C)cc12. The molecule has 2 aliphatic heterocycles. The van der Waals surface area contributed by atoms with Crippen LogP contribution in [0.4, 0.5) is 22.9 Å². The Morgan fingerprint density at radius 3 is 2.18 bits per heavy atom. The molecule has 0 atom stereocenters. The van der Waals surface area contributed by atoms with Gasteiger partial charge in [0.2, 0.25) is 0 Å². The van der Waals surface area contributed by atoms with Crippen molar-refractivity contribution in [1.29, 1.82) is 0 Å². The van der Waals surface area contributed by atoms with E-state index in [0.29, 0.717) is 0 Å². The van der Waals surface area contributed by atoms with Crippen LogP contribution in [0, 0.1) is 13.8 Å². The molecule has 0 aliphatic carbocycles. The van der Waals surface area contributed by atoms with Gasteiger partial charge in [0.05, 0.1) is 11.9 Å². The van der Waals surface area contributed by atoms with Gasteiger partial charge in [-0.15, -0.1) is 0 Å². The van der Waals surface area contributed by atoms with Crippen LogP contribution in [0.5, 0.6) is 0 Å². The number of nitrogens with zero attached hydrogens (tertiary/aromatic N) is 3. The fourth-order valence-electron chi connectivity index (χ4n) is 5.65. The second-order valence-electron chi connectivity index (χ2n) is 10.7. The van der Waals surface area contributed by atoms with E-state index in [9.17, 15) is 0 Å². The molecule has 3 aromatic carbocycles. The van der Waals surface area contributed by atoms with Gasteiger partial charge < -0.3 is 4.81 Å². The van der Waals surface area contributed by atoms with Crippen molar-refractivity contribution in [3.63, 3.8) is 0 Å². The number of anilines is 4. The maximum Gasteiger partial charge on any atom is 0.542 e. The lowest BCUT2D eigenvalue weighted by atomic mass is 9.64. The van der Waals surface area contributed by atoms with Crippen LogP contribution >= 0.6 is 0 Å². The summed E-state index contributed by atoms with van der Waals surface area (Å²) in [5.74, 6) is 1.26. The van der Waals surface area contributed by atoms with Crippen molar-refractivity contribution in [1.82, 2.24) is 0 Å². The Labute approximate surface area is 203 Å². The summed E-state index contributed by atoms with van der Waals surface area (Å²) in [7, 11) is 0. The molecule has 3 heterocycles. The number of para-hydroxylation sites is 2. The third kappa shape index (κ3) is 3.08. The van der Waals surface area contributed by atoms with Crippen molar-refractivity contribution in [2.75, 3.05) is 9.62 Å². The minimum Gasteiger partial charge on any atom is -0.336 e. The molecule has 0 fully saturated rings. The molecular weight excluding hydrogens is 413 g/mol. The van der Waals surface area contributed by atoms with Crippen LogP contribution < -0.4 is 19.7 Å². The second kappa shape index (κ2) is 7.49. The molecule has 1 aromatic heterocycles. The fourth-order valence-corrected chi connectivity index (χ4v) is 5.65. The molecule has 0 N–H and O–H groups in total. The Bertz CT molecular complexity index is 1380. The zero-order valence-electron chi connectivity index (χ0n) is 20.7. The van der Waals surface area contributed by atoms with Crippen LogP contribution in [0.2, 0.25) is 0 Å². The van der Waals surface area contributed by atoms with Crippen molar-refractivity contribution in [3.05, 3.63) is 107 Å². The molecule has 0 saturated carbocycles. The standard InChI is InChI=1S/C30H31BN3/c1-21-11-9-12-22(2)28(21)33-26-16-10-13-23-20-32-18-17-24(30(3,4)5)19-27(32)34(29(23)26)31(33)25-14-7-6-8-15-25/h6-19H,20H2,1-5H3/q+1. The Hall–Kier alpha value is -3.53. The average Bonchev–Trinajstić information content (AvgIpc) is 3.15. The third-order valence-corrected chi connectivity index (χ3v) is 7.33.